The number of hydrogen-bond acceptors (Lipinski definition) is 3. The van der Waals surface area contributed by atoms with E-state index in [0.29, 0.717) is 13.1 Å². The Morgan fingerprint density at radius 3 is 2.71 bits per heavy atom. The van der Waals surface area contributed by atoms with E-state index in [4.69, 9.17) is 5.73 Å². The summed E-state index contributed by atoms with van der Waals surface area (Å²) in [6.07, 6.45) is 0. The number of carbonyl (C=O) groups excluding carboxylic acids is 2. The Labute approximate surface area is 83.6 Å². The number of nitrogens with one attached hydrogen (secondary N) is 1. The van der Waals surface area contributed by atoms with Crippen LogP contribution >= 0.6 is 0 Å². The van der Waals surface area contributed by atoms with E-state index in [1.165, 1.54) is 0 Å². The summed E-state index contributed by atoms with van der Waals surface area (Å²) < 4.78 is 0. The molecule has 0 spiro atoms. The molecule has 0 aliphatic carbocycles. The van der Waals surface area contributed by atoms with Gasteiger partial charge in [0.15, 0.2) is 0 Å². The molecule has 1 rings (SSSR count). The maximum absolute atomic E-state index is 11.5. The van der Waals surface area contributed by atoms with Crippen LogP contribution in [0.15, 0.2) is 0 Å². The summed E-state index contributed by atoms with van der Waals surface area (Å²) in [6.45, 7) is 6.54. The molecule has 1 aliphatic rings. The number of nitrogens with zero attached hydrogens (tertiary/aromatic N) is 1. The third-order valence-electron chi connectivity index (χ3n) is 2.79. The van der Waals surface area contributed by atoms with Crippen molar-refractivity contribution in [2.45, 2.75) is 32.4 Å². The molecule has 1 fully saturated rings. The van der Waals surface area contributed by atoms with Crippen molar-refractivity contribution in [1.82, 2.24) is 10.2 Å². The normalized spacial score (nSPS) is 24.1. The molecule has 3 N–H and O–H groups in total. The summed E-state index contributed by atoms with van der Waals surface area (Å²) in [5, 5.41) is 2.76. The zero-order valence-electron chi connectivity index (χ0n) is 8.83. The Bertz CT molecular complexity index is 263. The second-order valence-corrected chi connectivity index (χ2v) is 4.09. The van der Waals surface area contributed by atoms with Gasteiger partial charge in [-0.05, 0) is 20.8 Å². The van der Waals surface area contributed by atoms with Gasteiger partial charge in [0.2, 0.25) is 11.8 Å². The van der Waals surface area contributed by atoms with Crippen molar-refractivity contribution in [2.24, 2.45) is 5.73 Å². The largest absolute Gasteiger partial charge is 0.368 e. The fourth-order valence-electron chi connectivity index (χ4n) is 1.75. The van der Waals surface area contributed by atoms with Crippen LogP contribution in [0.3, 0.4) is 0 Å². The van der Waals surface area contributed by atoms with E-state index >= 15 is 0 Å². The van der Waals surface area contributed by atoms with Gasteiger partial charge >= 0.3 is 0 Å². The van der Waals surface area contributed by atoms with Gasteiger partial charge in [0, 0.05) is 13.1 Å². The van der Waals surface area contributed by atoms with Crippen LogP contribution in [0.4, 0.5) is 0 Å². The molecule has 0 aromatic heterocycles. The summed E-state index contributed by atoms with van der Waals surface area (Å²) in [5.74, 6) is -0.454. The second kappa shape index (κ2) is 3.57. The van der Waals surface area contributed by atoms with Gasteiger partial charge in [-0.1, -0.05) is 0 Å². The highest BCUT2D eigenvalue weighted by molar-refractivity contribution is 5.88. The Morgan fingerprint density at radius 1 is 1.64 bits per heavy atom. The topological polar surface area (TPSA) is 75.4 Å². The SMILES string of the molecule is CC(C(N)=O)N1CCNC(=O)C1(C)C. The maximum Gasteiger partial charge on any atom is 0.240 e. The van der Waals surface area contributed by atoms with Gasteiger partial charge in [-0.25, -0.2) is 0 Å². The molecular formula is C9H17N3O2. The minimum absolute atomic E-state index is 0.0585. The van der Waals surface area contributed by atoms with Crippen LogP contribution in [0.2, 0.25) is 0 Å². The summed E-state index contributed by atoms with van der Waals surface area (Å²) in [5.41, 5.74) is 4.56. The van der Waals surface area contributed by atoms with Crippen molar-refractivity contribution < 1.29 is 9.59 Å². The maximum atomic E-state index is 11.5. The first-order valence-corrected chi connectivity index (χ1v) is 4.71. The number of nitrogens with two attached hydrogens (primary N) is 1. The van der Waals surface area contributed by atoms with E-state index < -0.39 is 17.5 Å². The number of piperazine rings is 1. The van der Waals surface area contributed by atoms with E-state index in [0.717, 1.165) is 0 Å². The van der Waals surface area contributed by atoms with Crippen LogP contribution < -0.4 is 11.1 Å². The average molecular weight is 199 g/mol. The molecule has 0 saturated carbocycles. The predicted molar refractivity (Wildman–Crippen MR) is 52.5 cm³/mol. The molecular weight excluding hydrogens is 182 g/mol. The number of hydrogen-bond donors (Lipinski definition) is 2. The van der Waals surface area contributed by atoms with Crippen LogP contribution in [0.25, 0.3) is 0 Å². The molecule has 1 aliphatic heterocycles. The molecule has 2 amide bonds. The van der Waals surface area contributed by atoms with E-state index in [2.05, 4.69) is 5.32 Å². The highest BCUT2D eigenvalue weighted by Crippen LogP contribution is 2.20. The van der Waals surface area contributed by atoms with Crippen LogP contribution in [0.5, 0.6) is 0 Å². The van der Waals surface area contributed by atoms with Gasteiger partial charge in [-0.3, -0.25) is 14.5 Å². The Hall–Kier alpha value is -1.10. The number of carbonyl (C=O) groups is 2. The van der Waals surface area contributed by atoms with Gasteiger partial charge in [-0.15, -0.1) is 0 Å². The monoisotopic (exact) mass is 199 g/mol. The van der Waals surface area contributed by atoms with Crippen molar-refractivity contribution >= 4 is 11.8 Å². The predicted octanol–water partition coefficient (Wildman–Crippen LogP) is -0.929. The van der Waals surface area contributed by atoms with Gasteiger partial charge < -0.3 is 11.1 Å². The third-order valence-corrected chi connectivity index (χ3v) is 2.79. The van der Waals surface area contributed by atoms with Crippen molar-refractivity contribution in [3.8, 4) is 0 Å². The molecule has 0 aromatic rings. The average Bonchev–Trinajstić information content (AvgIpc) is 2.08. The molecule has 5 heteroatoms. The highest BCUT2D eigenvalue weighted by Gasteiger charge is 2.41. The zero-order chi connectivity index (χ0) is 10.9. The Morgan fingerprint density at radius 2 is 2.21 bits per heavy atom. The number of primary amides is 1. The van der Waals surface area contributed by atoms with E-state index in [-0.39, 0.29) is 5.91 Å². The molecule has 0 aromatic carbocycles. The minimum Gasteiger partial charge on any atom is -0.368 e. The summed E-state index contributed by atoms with van der Waals surface area (Å²) in [6, 6.07) is -0.406. The van der Waals surface area contributed by atoms with Crippen LogP contribution in [-0.4, -0.2) is 41.4 Å². The molecule has 14 heavy (non-hydrogen) atoms. The minimum atomic E-state index is -0.660. The number of rotatable bonds is 2. The fourth-order valence-corrected chi connectivity index (χ4v) is 1.75. The molecule has 1 atom stereocenters. The highest BCUT2D eigenvalue weighted by atomic mass is 16.2. The van der Waals surface area contributed by atoms with Gasteiger partial charge in [0.05, 0.1) is 11.6 Å². The Kier molecular flexibility index (Phi) is 2.80. The lowest BCUT2D eigenvalue weighted by molar-refractivity contribution is -0.140. The van der Waals surface area contributed by atoms with Crippen molar-refractivity contribution in [3.63, 3.8) is 0 Å². The van der Waals surface area contributed by atoms with E-state index in [1.807, 2.05) is 4.90 Å². The van der Waals surface area contributed by atoms with Gasteiger partial charge in [-0.2, -0.15) is 0 Å². The third kappa shape index (κ3) is 1.72. The van der Waals surface area contributed by atoms with Crippen LogP contribution in [0, 0.1) is 0 Å². The number of amides is 2. The van der Waals surface area contributed by atoms with Crippen LogP contribution in [0.1, 0.15) is 20.8 Å². The van der Waals surface area contributed by atoms with Crippen molar-refractivity contribution in [2.75, 3.05) is 13.1 Å². The smallest absolute Gasteiger partial charge is 0.240 e. The lowest BCUT2D eigenvalue weighted by atomic mass is 9.96. The van der Waals surface area contributed by atoms with Gasteiger partial charge in [0.1, 0.15) is 0 Å². The molecule has 0 radical (unpaired) electrons. The standard InChI is InChI=1S/C9H17N3O2/c1-6(7(10)13)12-5-4-11-8(14)9(12,2)3/h6H,4-5H2,1-3H3,(H2,10,13)(H,11,14). The first kappa shape index (κ1) is 11.0. The van der Waals surface area contributed by atoms with E-state index in [9.17, 15) is 9.59 Å². The quantitative estimate of drug-likeness (QED) is 0.603. The zero-order valence-corrected chi connectivity index (χ0v) is 8.83. The van der Waals surface area contributed by atoms with Gasteiger partial charge in [0.25, 0.3) is 0 Å². The molecule has 1 heterocycles. The molecule has 0 bridgehead atoms. The van der Waals surface area contributed by atoms with Crippen molar-refractivity contribution in [3.05, 3.63) is 0 Å². The first-order valence-electron chi connectivity index (χ1n) is 4.71. The first-order chi connectivity index (χ1) is 6.37. The Balaban J connectivity index is 2.86. The lowest BCUT2D eigenvalue weighted by Gasteiger charge is -2.43. The van der Waals surface area contributed by atoms with E-state index in [1.54, 1.807) is 20.8 Å². The molecule has 80 valence electrons. The summed E-state index contributed by atoms with van der Waals surface area (Å²) >= 11 is 0. The second-order valence-electron chi connectivity index (χ2n) is 4.09. The molecule has 1 saturated heterocycles. The van der Waals surface area contributed by atoms with Crippen LogP contribution in [-0.2, 0) is 9.59 Å². The summed E-state index contributed by atoms with van der Waals surface area (Å²) in [7, 11) is 0. The lowest BCUT2D eigenvalue weighted by Crippen LogP contribution is -2.65. The fraction of sp³-hybridized carbons (Fsp3) is 0.778. The summed E-state index contributed by atoms with van der Waals surface area (Å²) in [4.78, 5) is 24.4. The van der Waals surface area contributed by atoms with Crippen molar-refractivity contribution in [1.29, 1.82) is 0 Å². The molecule has 5 nitrogen and oxygen atoms in total. The molecule has 1 unspecified atom stereocenters.